The van der Waals surface area contributed by atoms with Crippen LogP contribution in [0.3, 0.4) is 0 Å². The molecular formula is C30H27Cl2Si2Zr. The van der Waals surface area contributed by atoms with E-state index in [1.165, 1.54) is 21.5 Å². The van der Waals surface area contributed by atoms with Crippen LogP contribution in [0.15, 0.2) is 72.8 Å². The minimum Gasteiger partial charge on any atom is -1.00 e. The molecule has 1 heterocycles. The summed E-state index contributed by atoms with van der Waals surface area (Å²) in [6, 6.07) is 21.0. The number of allylic oxidation sites excluding steroid dienone is 4. The van der Waals surface area contributed by atoms with Gasteiger partial charge in [-0.25, -0.2) is 0 Å². The summed E-state index contributed by atoms with van der Waals surface area (Å²) in [5.41, 5.74) is 9.61. The molecule has 0 fully saturated rings. The molecule has 0 amide bonds. The molecule has 7 rings (SSSR count). The van der Waals surface area contributed by atoms with Crippen LogP contribution in [0.25, 0.3) is 38.2 Å². The van der Waals surface area contributed by atoms with Crippen LogP contribution in [0.2, 0.25) is 26.2 Å². The zero-order chi connectivity index (χ0) is 22.7. The summed E-state index contributed by atoms with van der Waals surface area (Å²) < 4.78 is 0.519. The van der Waals surface area contributed by atoms with Crippen LogP contribution in [-0.2, 0) is 24.7 Å². The summed E-state index contributed by atoms with van der Waals surface area (Å²) in [5, 5.41) is 9.37. The van der Waals surface area contributed by atoms with Gasteiger partial charge in [0.2, 0.25) is 0 Å². The van der Waals surface area contributed by atoms with Crippen LogP contribution >= 0.6 is 0 Å². The average molecular weight is 606 g/mol. The SMILES string of the molecule is C[Si]1(C)c2c(C3=CC=CC3)cc3c(c2[Si]1(C)C)-c1c(c2ccccc2c2ccccc12)[CH]3[Zr+2].[Cl-].[Cl-]. The second kappa shape index (κ2) is 8.40. The molecule has 0 spiro atoms. The summed E-state index contributed by atoms with van der Waals surface area (Å²) in [7, 11) is -2.93. The first-order valence-electron chi connectivity index (χ1n) is 12.1. The number of fused-ring (bicyclic) bond motifs is 10. The maximum absolute atomic E-state index is 2.67. The first kappa shape index (κ1) is 25.4. The van der Waals surface area contributed by atoms with Gasteiger partial charge in [-0.15, -0.1) is 0 Å². The van der Waals surface area contributed by atoms with Crippen molar-refractivity contribution in [2.24, 2.45) is 0 Å². The Morgan fingerprint density at radius 3 is 1.94 bits per heavy atom. The molecule has 0 saturated heterocycles. The Hall–Kier alpha value is -1.22. The van der Waals surface area contributed by atoms with E-state index in [0.29, 0.717) is 3.63 Å². The van der Waals surface area contributed by atoms with E-state index in [4.69, 9.17) is 0 Å². The molecule has 1 unspecified atom stereocenters. The zero-order valence-electron chi connectivity index (χ0n) is 20.5. The number of halogens is 2. The molecule has 0 radical (unpaired) electrons. The van der Waals surface area contributed by atoms with Crippen LogP contribution in [0.4, 0.5) is 0 Å². The normalized spacial score (nSPS) is 19.8. The summed E-state index contributed by atoms with van der Waals surface area (Å²) >= 11 is 1.61. The fourth-order valence-electron chi connectivity index (χ4n) is 6.83. The van der Waals surface area contributed by atoms with E-state index >= 15 is 0 Å². The van der Waals surface area contributed by atoms with Gasteiger partial charge in [-0.05, 0) is 0 Å². The van der Waals surface area contributed by atoms with Crippen LogP contribution in [0.5, 0.6) is 0 Å². The molecule has 0 N–H and O–H groups in total. The molecule has 5 heteroatoms. The van der Waals surface area contributed by atoms with Crippen molar-refractivity contribution < 1.29 is 49.5 Å². The second-order valence-electron chi connectivity index (χ2n) is 11.0. The standard InChI is InChI=1S/C30H27Si2.2ClH.Zr/c1-31(2)29-25(19-11-5-6-12-19)17-20-18-26-23-15-8-7-13-21(23)22-14-9-10-16-24(22)28(26)27(20)30(29)32(31,3)4;;;/h5-11,13-18H,12H2,1-4H3;2*1H;/q;;;+2/p-2. The third kappa shape index (κ3) is 3.06. The third-order valence-corrected chi connectivity index (χ3v) is 28.4. The Kier molecular flexibility index (Phi) is 6.10. The van der Waals surface area contributed by atoms with Crippen molar-refractivity contribution in [2.75, 3.05) is 0 Å². The van der Waals surface area contributed by atoms with Gasteiger partial charge in [0.15, 0.2) is 0 Å². The smallest absolute Gasteiger partial charge is 1.00 e. The minimum atomic E-state index is -1.49. The molecule has 0 aromatic heterocycles. The summed E-state index contributed by atoms with van der Waals surface area (Å²) in [4.78, 5) is 0. The van der Waals surface area contributed by atoms with Gasteiger partial charge in [0.25, 0.3) is 0 Å². The molecule has 4 aromatic carbocycles. The van der Waals surface area contributed by atoms with Gasteiger partial charge < -0.3 is 24.8 Å². The molecule has 1 aliphatic heterocycles. The molecule has 4 aromatic rings. The van der Waals surface area contributed by atoms with Crippen LogP contribution in [0, 0.1) is 0 Å². The van der Waals surface area contributed by atoms with Crippen molar-refractivity contribution in [1.82, 2.24) is 0 Å². The maximum atomic E-state index is 2.67. The van der Waals surface area contributed by atoms with Crippen LogP contribution in [-0.4, -0.2) is 15.2 Å². The first-order chi connectivity index (χ1) is 15.8. The van der Waals surface area contributed by atoms with Gasteiger partial charge in [-0.1, -0.05) is 0 Å². The fraction of sp³-hybridized carbons (Fsp3) is 0.200. The first-order valence-corrected chi connectivity index (χ1v) is 20.5. The largest absolute Gasteiger partial charge is 1.00 e. The summed E-state index contributed by atoms with van der Waals surface area (Å²) in [6.45, 7) is 10.7. The van der Waals surface area contributed by atoms with E-state index in [9.17, 15) is 0 Å². The van der Waals surface area contributed by atoms with Crippen molar-refractivity contribution in [3.05, 3.63) is 89.5 Å². The number of hydrogen-bond acceptors (Lipinski definition) is 0. The van der Waals surface area contributed by atoms with Crippen LogP contribution < -0.4 is 35.2 Å². The van der Waals surface area contributed by atoms with E-state index in [2.05, 4.69) is 99.0 Å². The minimum absolute atomic E-state index is 0. The summed E-state index contributed by atoms with van der Waals surface area (Å²) in [5.74, 6) is 0. The van der Waals surface area contributed by atoms with Gasteiger partial charge >= 0.3 is 214 Å². The molecular weight excluding hydrogens is 579 g/mol. The maximum Gasteiger partial charge on any atom is -1.00 e. The Bertz CT molecular complexity index is 1610. The van der Waals surface area contributed by atoms with E-state index in [0.717, 1.165) is 6.42 Å². The number of benzene rings is 4. The molecule has 3 aliphatic rings. The molecule has 35 heavy (non-hydrogen) atoms. The van der Waals surface area contributed by atoms with Crippen molar-refractivity contribution in [3.8, 4) is 11.1 Å². The quantitative estimate of drug-likeness (QED) is 0.224. The summed E-state index contributed by atoms with van der Waals surface area (Å²) in [6.07, 6.45) is 8.06. The van der Waals surface area contributed by atoms with Gasteiger partial charge in [0, 0.05) is 0 Å². The molecule has 0 saturated carbocycles. The third-order valence-electron chi connectivity index (χ3n) is 9.11. The fourth-order valence-corrected chi connectivity index (χ4v) is 19.0. The Morgan fingerprint density at radius 1 is 0.743 bits per heavy atom. The average Bonchev–Trinajstić information content (AvgIpc) is 3.45. The van der Waals surface area contributed by atoms with E-state index in [1.807, 2.05) is 5.19 Å². The van der Waals surface area contributed by atoms with Crippen molar-refractivity contribution in [3.63, 3.8) is 0 Å². The molecule has 1 atom stereocenters. The number of hydrogen-bond donors (Lipinski definition) is 0. The molecule has 0 bridgehead atoms. The predicted octanol–water partition coefficient (Wildman–Crippen LogP) is 0.884. The zero-order valence-corrected chi connectivity index (χ0v) is 26.4. The number of rotatable bonds is 1. The Morgan fingerprint density at radius 2 is 1.31 bits per heavy atom. The van der Waals surface area contributed by atoms with E-state index in [-0.39, 0.29) is 24.8 Å². The Balaban J connectivity index is 0.00000127. The van der Waals surface area contributed by atoms with Crippen molar-refractivity contribution >= 4 is 52.7 Å². The van der Waals surface area contributed by atoms with Gasteiger partial charge in [-0.3, -0.25) is 0 Å². The second-order valence-corrected chi connectivity index (χ2v) is 27.4. The van der Waals surface area contributed by atoms with Gasteiger partial charge in [0.1, 0.15) is 0 Å². The molecule has 173 valence electrons. The monoisotopic (exact) mass is 603 g/mol. The van der Waals surface area contributed by atoms with Gasteiger partial charge in [-0.2, -0.15) is 0 Å². The van der Waals surface area contributed by atoms with E-state index in [1.54, 1.807) is 63.3 Å². The van der Waals surface area contributed by atoms with E-state index < -0.39 is 15.2 Å². The van der Waals surface area contributed by atoms with Gasteiger partial charge in [0.05, 0.1) is 0 Å². The molecule has 0 nitrogen and oxygen atoms in total. The van der Waals surface area contributed by atoms with Crippen molar-refractivity contribution in [2.45, 2.75) is 36.2 Å². The topological polar surface area (TPSA) is 0 Å². The van der Waals surface area contributed by atoms with Crippen LogP contribution in [0.1, 0.15) is 26.7 Å². The predicted molar refractivity (Wildman–Crippen MR) is 145 cm³/mol. The van der Waals surface area contributed by atoms with Crippen molar-refractivity contribution in [1.29, 1.82) is 0 Å². The Labute approximate surface area is 237 Å². The molecule has 2 aliphatic carbocycles.